The van der Waals surface area contributed by atoms with E-state index in [1.165, 1.54) is 23.1 Å². The highest BCUT2D eigenvalue weighted by molar-refractivity contribution is 7.98. The number of nitrogens with two attached hydrogens (primary N) is 1. The second-order valence-corrected chi connectivity index (χ2v) is 13.0. The summed E-state index contributed by atoms with van der Waals surface area (Å²) in [4.78, 5) is 32.8. The first-order valence-electron chi connectivity index (χ1n) is 14.0. The van der Waals surface area contributed by atoms with E-state index in [2.05, 4.69) is 17.1 Å². The monoisotopic (exact) mass is 675 g/mol. The number of halogens is 1. The Bertz CT molecular complexity index is 1790. The lowest BCUT2D eigenvalue weighted by Crippen LogP contribution is -2.24. The van der Waals surface area contributed by atoms with Gasteiger partial charge in [-0.05, 0) is 50.6 Å². The van der Waals surface area contributed by atoms with Gasteiger partial charge in [-0.2, -0.15) is 10.5 Å². The minimum absolute atomic E-state index is 0.00623. The molecule has 0 amide bonds. The third kappa shape index (κ3) is 9.44. The molecule has 0 saturated carbocycles. The fourth-order valence-corrected chi connectivity index (χ4v) is 6.08. The molecule has 4 aromatic rings. The lowest BCUT2D eigenvalue weighted by atomic mass is 9.97. The zero-order valence-electron chi connectivity index (χ0n) is 25.3. The molecule has 13 heteroatoms. The molecule has 2 aromatic heterocycles. The van der Waals surface area contributed by atoms with Crippen LogP contribution in [0.3, 0.4) is 0 Å². The maximum atomic E-state index is 11.9. The van der Waals surface area contributed by atoms with Crippen molar-refractivity contribution >= 4 is 52.5 Å². The maximum Gasteiger partial charge on any atom is 0.306 e. The number of anilines is 1. The summed E-state index contributed by atoms with van der Waals surface area (Å²) in [6.07, 6.45) is -0.153. The molecule has 0 unspecified atom stereocenters. The van der Waals surface area contributed by atoms with Gasteiger partial charge in [0, 0.05) is 27.3 Å². The third-order valence-corrected chi connectivity index (χ3v) is 8.33. The predicted octanol–water partition coefficient (Wildman–Crippen LogP) is 7.19. The Morgan fingerprint density at radius 3 is 2.24 bits per heavy atom. The number of hydrogen-bond acceptors (Lipinski definition) is 12. The largest absolute Gasteiger partial charge is 0.490 e. The van der Waals surface area contributed by atoms with E-state index >= 15 is 0 Å². The first-order chi connectivity index (χ1) is 22.0. The van der Waals surface area contributed by atoms with Gasteiger partial charge in [-0.25, -0.2) is 9.97 Å². The van der Waals surface area contributed by atoms with Crippen LogP contribution in [0.5, 0.6) is 5.75 Å². The number of rotatable bonds is 12. The Kier molecular flexibility index (Phi) is 11.6. The lowest BCUT2D eigenvalue weighted by Gasteiger charge is -2.19. The highest BCUT2D eigenvalue weighted by Gasteiger charge is 2.21. The number of nitrogen functional groups attached to an aromatic ring is 1. The summed E-state index contributed by atoms with van der Waals surface area (Å²) in [7, 11) is 0. The number of nitriles is 2. The smallest absolute Gasteiger partial charge is 0.306 e. The van der Waals surface area contributed by atoms with Crippen molar-refractivity contribution in [1.82, 2.24) is 9.97 Å². The summed E-state index contributed by atoms with van der Waals surface area (Å²) in [6, 6.07) is 18.5. The number of carbonyl (C=O) groups is 2. The highest BCUT2D eigenvalue weighted by Crippen LogP contribution is 2.37. The molecule has 0 aliphatic carbocycles. The molecule has 0 bridgehead atoms. The maximum absolute atomic E-state index is 11.9. The molecule has 0 saturated heterocycles. The molecular formula is C33H30ClN5O5S2. The van der Waals surface area contributed by atoms with Crippen LogP contribution in [0.2, 0.25) is 5.02 Å². The number of thioether (sulfide) groups is 1. The molecule has 236 valence electrons. The molecule has 0 spiro atoms. The zero-order chi connectivity index (χ0) is 33.3. The molecule has 0 aliphatic rings. The van der Waals surface area contributed by atoms with Gasteiger partial charge in [0.1, 0.15) is 58.1 Å². The predicted molar refractivity (Wildman–Crippen MR) is 177 cm³/mol. The molecule has 0 aliphatic heterocycles. The number of benzene rings is 2. The second-order valence-electron chi connectivity index (χ2n) is 10.8. The van der Waals surface area contributed by atoms with Crippen LogP contribution in [-0.2, 0) is 24.8 Å². The molecule has 0 radical (unpaired) electrons. The van der Waals surface area contributed by atoms with Gasteiger partial charge in [-0.15, -0.1) is 11.3 Å². The van der Waals surface area contributed by atoms with Crippen molar-refractivity contribution < 1.29 is 23.8 Å². The van der Waals surface area contributed by atoms with Crippen molar-refractivity contribution in [2.24, 2.45) is 0 Å². The van der Waals surface area contributed by atoms with E-state index in [0.29, 0.717) is 32.7 Å². The average Bonchev–Trinajstić information content (AvgIpc) is 3.49. The van der Waals surface area contributed by atoms with Crippen LogP contribution in [0.15, 0.2) is 58.9 Å². The fraction of sp³-hybridized carbons (Fsp3) is 0.273. The van der Waals surface area contributed by atoms with Gasteiger partial charge in [-0.1, -0.05) is 47.6 Å². The van der Waals surface area contributed by atoms with Crippen LogP contribution in [0.25, 0.3) is 21.7 Å². The van der Waals surface area contributed by atoms with E-state index in [0.717, 1.165) is 16.3 Å². The first kappa shape index (κ1) is 34.3. The number of aromatic nitrogens is 2. The molecule has 0 atom stereocenters. The van der Waals surface area contributed by atoms with E-state index in [9.17, 15) is 20.1 Å². The molecule has 0 fully saturated rings. The minimum Gasteiger partial charge on any atom is -0.490 e. The number of hydrogen-bond donors (Lipinski definition) is 1. The summed E-state index contributed by atoms with van der Waals surface area (Å²) in [5.74, 6) is -0.0480. The van der Waals surface area contributed by atoms with Gasteiger partial charge in [0.2, 0.25) is 0 Å². The van der Waals surface area contributed by atoms with Crippen molar-refractivity contribution in [1.29, 1.82) is 10.5 Å². The van der Waals surface area contributed by atoms with Crippen LogP contribution in [0.4, 0.5) is 5.82 Å². The topological polar surface area (TPSA) is 161 Å². The molecule has 46 heavy (non-hydrogen) atoms. The van der Waals surface area contributed by atoms with Gasteiger partial charge in [0.05, 0.1) is 24.1 Å². The normalized spacial score (nSPS) is 10.9. The van der Waals surface area contributed by atoms with Gasteiger partial charge in [0.25, 0.3) is 0 Å². The lowest BCUT2D eigenvalue weighted by molar-refractivity contribution is -0.158. The van der Waals surface area contributed by atoms with Crippen LogP contribution in [-0.4, -0.2) is 40.7 Å². The average molecular weight is 676 g/mol. The summed E-state index contributed by atoms with van der Waals surface area (Å²) < 4.78 is 16.0. The number of pyridine rings is 1. The van der Waals surface area contributed by atoms with E-state index < -0.39 is 17.5 Å². The van der Waals surface area contributed by atoms with Crippen LogP contribution >= 0.6 is 34.7 Å². The minimum atomic E-state index is -0.617. The molecule has 2 heterocycles. The number of carbonyl (C=O) groups excluding carboxylic acids is 2. The van der Waals surface area contributed by atoms with Gasteiger partial charge < -0.3 is 19.9 Å². The SMILES string of the molecule is CC(C)(C)OC(=O)CCC(=O)OCCOc1ccc(-c2c(C#N)c(N)nc(SCc3csc(-c4ccc(Cl)cc4)n3)c2C#N)cc1. The van der Waals surface area contributed by atoms with Crippen LogP contribution in [0.1, 0.15) is 50.4 Å². The molecule has 4 rings (SSSR count). The van der Waals surface area contributed by atoms with Gasteiger partial charge in [-0.3, -0.25) is 9.59 Å². The van der Waals surface area contributed by atoms with Crippen molar-refractivity contribution in [2.45, 2.75) is 50.0 Å². The number of nitrogens with zero attached hydrogens (tertiary/aromatic N) is 4. The van der Waals surface area contributed by atoms with Crippen molar-refractivity contribution in [3.8, 4) is 39.6 Å². The third-order valence-electron chi connectivity index (χ3n) is 6.13. The second kappa shape index (κ2) is 15.6. The van der Waals surface area contributed by atoms with Gasteiger partial charge >= 0.3 is 11.9 Å². The Morgan fingerprint density at radius 2 is 1.59 bits per heavy atom. The number of ether oxygens (including phenoxy) is 3. The Morgan fingerprint density at radius 1 is 0.935 bits per heavy atom. The van der Waals surface area contributed by atoms with E-state index in [1.807, 2.05) is 29.6 Å². The summed E-state index contributed by atoms with van der Waals surface area (Å²) >= 11 is 8.81. The van der Waals surface area contributed by atoms with Crippen LogP contribution in [0, 0.1) is 22.7 Å². The van der Waals surface area contributed by atoms with Gasteiger partial charge in [0.15, 0.2) is 0 Å². The molecule has 2 aromatic carbocycles. The van der Waals surface area contributed by atoms with Crippen molar-refractivity contribution in [3.05, 3.63) is 75.8 Å². The summed E-state index contributed by atoms with van der Waals surface area (Å²) in [6.45, 7) is 5.35. The zero-order valence-corrected chi connectivity index (χ0v) is 27.7. The van der Waals surface area contributed by atoms with E-state index in [-0.39, 0.29) is 43.0 Å². The standard InChI is InChI=1S/C33H30ClN5O5S2/c1-33(2,3)44-28(41)13-12-27(40)43-15-14-42-24-10-6-20(7-11-24)29-25(16-35)30(37)39-32(26(29)17-36)46-19-23-18-45-31(38-23)21-4-8-22(34)9-5-21/h4-11,18H,12-15,19H2,1-3H3,(H2,37,39). The Balaban J connectivity index is 1.39. The highest BCUT2D eigenvalue weighted by atomic mass is 35.5. The Labute approximate surface area is 280 Å². The summed E-state index contributed by atoms with van der Waals surface area (Å²) in [5.41, 5.74) is 8.63. The molecular weight excluding hydrogens is 646 g/mol. The first-order valence-corrected chi connectivity index (χ1v) is 16.3. The Hall–Kier alpha value is -4.62. The van der Waals surface area contributed by atoms with E-state index in [4.69, 9.17) is 36.5 Å². The summed E-state index contributed by atoms with van der Waals surface area (Å²) in [5, 5.41) is 23.8. The number of thiazole rings is 1. The van der Waals surface area contributed by atoms with Crippen LogP contribution < -0.4 is 10.5 Å². The van der Waals surface area contributed by atoms with Crippen molar-refractivity contribution in [2.75, 3.05) is 18.9 Å². The van der Waals surface area contributed by atoms with Crippen molar-refractivity contribution in [3.63, 3.8) is 0 Å². The fourth-order valence-electron chi connectivity index (χ4n) is 4.13. The van der Waals surface area contributed by atoms with E-state index in [1.54, 1.807) is 45.0 Å². The number of esters is 2. The molecule has 10 nitrogen and oxygen atoms in total. The quantitative estimate of drug-likeness (QED) is 0.0919. The molecule has 2 N–H and O–H groups in total.